The summed E-state index contributed by atoms with van der Waals surface area (Å²) < 4.78 is 5.84. The molecule has 172 valence electrons. The van der Waals surface area contributed by atoms with Crippen LogP contribution in [0.3, 0.4) is 0 Å². The van der Waals surface area contributed by atoms with Gasteiger partial charge in [0.1, 0.15) is 15.7 Å². The Morgan fingerprint density at radius 1 is 0.886 bits per heavy atom. The van der Waals surface area contributed by atoms with Crippen molar-refractivity contribution in [3.63, 3.8) is 0 Å². The molecule has 0 saturated heterocycles. The number of aromatic nitrogens is 2. The summed E-state index contributed by atoms with van der Waals surface area (Å²) in [6.45, 7) is 0. The van der Waals surface area contributed by atoms with Crippen LogP contribution in [0.15, 0.2) is 96.4 Å². The highest BCUT2D eigenvalue weighted by atomic mass is 32.1. The van der Waals surface area contributed by atoms with Crippen LogP contribution in [0, 0.1) is 0 Å². The molecule has 3 aromatic heterocycles. The summed E-state index contributed by atoms with van der Waals surface area (Å²) in [4.78, 5) is 12.5. The summed E-state index contributed by atoms with van der Waals surface area (Å²) in [6.07, 6.45) is 9.66. The zero-order valence-corrected chi connectivity index (χ0v) is 21.5. The number of thiazole rings is 2. The van der Waals surface area contributed by atoms with Crippen LogP contribution in [0.4, 0.5) is 0 Å². The van der Waals surface area contributed by atoms with Gasteiger partial charge in [-0.05, 0) is 18.1 Å². The number of hydrogen-bond donors (Lipinski definition) is 0. The fraction of sp³-hybridized carbons (Fsp3) is 0.103. The lowest BCUT2D eigenvalue weighted by Gasteiger charge is -2.08. The zero-order chi connectivity index (χ0) is 23.6. The van der Waals surface area contributed by atoms with Crippen molar-refractivity contribution in [3.8, 4) is 47.9 Å². The Kier molecular flexibility index (Phi) is 6.17. The summed E-state index contributed by atoms with van der Waals surface area (Å²) in [6, 6.07) is 23.0. The third kappa shape index (κ3) is 4.41. The molecule has 1 atom stereocenters. The van der Waals surface area contributed by atoms with E-state index in [4.69, 9.17) is 14.7 Å². The minimum Gasteiger partial charge on any atom is -0.486 e. The third-order valence-electron chi connectivity index (χ3n) is 5.90. The van der Waals surface area contributed by atoms with Crippen LogP contribution in [-0.4, -0.2) is 17.1 Å². The van der Waals surface area contributed by atoms with Gasteiger partial charge >= 0.3 is 0 Å². The molecule has 0 radical (unpaired) electrons. The molecule has 6 heteroatoms. The molecule has 1 aliphatic carbocycles. The van der Waals surface area contributed by atoms with Crippen LogP contribution in [0.5, 0.6) is 5.06 Å². The Morgan fingerprint density at radius 3 is 2.37 bits per heavy atom. The summed E-state index contributed by atoms with van der Waals surface area (Å²) >= 11 is 5.06. The number of ether oxygens (including phenoxy) is 1. The number of rotatable bonds is 6. The van der Waals surface area contributed by atoms with Crippen molar-refractivity contribution < 1.29 is 4.74 Å². The summed E-state index contributed by atoms with van der Waals surface area (Å²) in [5.41, 5.74) is 5.27. The lowest BCUT2D eigenvalue weighted by atomic mass is 10.0. The van der Waals surface area contributed by atoms with E-state index < -0.39 is 0 Å². The molecule has 0 aliphatic heterocycles. The summed E-state index contributed by atoms with van der Waals surface area (Å²) in [5.74, 6) is 0.341. The van der Waals surface area contributed by atoms with Crippen molar-refractivity contribution in [1.82, 2.24) is 9.97 Å². The van der Waals surface area contributed by atoms with E-state index in [1.807, 2.05) is 24.3 Å². The Morgan fingerprint density at radius 2 is 1.66 bits per heavy atom. The minimum atomic E-state index is 0.341. The minimum absolute atomic E-state index is 0.341. The largest absolute Gasteiger partial charge is 0.486 e. The molecule has 3 nitrogen and oxygen atoms in total. The average molecular weight is 511 g/mol. The lowest BCUT2D eigenvalue weighted by molar-refractivity contribution is 0.428. The van der Waals surface area contributed by atoms with Gasteiger partial charge < -0.3 is 4.74 Å². The van der Waals surface area contributed by atoms with E-state index in [9.17, 15) is 0 Å². The number of thiophene rings is 1. The van der Waals surface area contributed by atoms with Crippen LogP contribution in [-0.2, 0) is 0 Å². The van der Waals surface area contributed by atoms with E-state index in [0.29, 0.717) is 5.92 Å². The normalized spacial score (nSPS) is 14.9. The van der Waals surface area contributed by atoms with Gasteiger partial charge in [-0.3, -0.25) is 0 Å². The molecule has 0 spiro atoms. The van der Waals surface area contributed by atoms with E-state index in [1.54, 1.807) is 41.1 Å². The van der Waals surface area contributed by atoms with Crippen LogP contribution in [0.2, 0.25) is 0 Å². The Bertz CT molecular complexity index is 1510. The highest BCUT2D eigenvalue weighted by Gasteiger charge is 2.24. The molecule has 5 aromatic rings. The molecule has 6 rings (SSSR count). The van der Waals surface area contributed by atoms with Gasteiger partial charge in [0.2, 0.25) is 5.06 Å². The Hall–Kier alpha value is -3.32. The smallest absolute Gasteiger partial charge is 0.203 e. The van der Waals surface area contributed by atoms with Crippen molar-refractivity contribution in [2.75, 3.05) is 7.11 Å². The van der Waals surface area contributed by atoms with Crippen molar-refractivity contribution in [3.05, 3.63) is 101 Å². The molecule has 1 aliphatic rings. The Labute approximate surface area is 216 Å². The van der Waals surface area contributed by atoms with Gasteiger partial charge in [-0.1, -0.05) is 96.3 Å². The number of nitrogens with zero attached hydrogens (tertiary/aromatic N) is 2. The number of hydrogen-bond acceptors (Lipinski definition) is 6. The standard InChI is InChI=1S/C29H22N2OS3/c1-32-29-25(31-28(35-29)21-15-9-4-10-16-21)26-22(17-24(34-26)19-11-5-2-6-12-19)23-18-33-27(30-23)20-13-7-3-8-14-20/h2-13,15-18,20H,14H2,1H3. The monoisotopic (exact) mass is 510 g/mol. The van der Waals surface area contributed by atoms with Gasteiger partial charge in [-0.2, -0.15) is 0 Å². The van der Waals surface area contributed by atoms with Gasteiger partial charge in [0.25, 0.3) is 0 Å². The fourth-order valence-corrected chi connectivity index (χ4v) is 7.17. The van der Waals surface area contributed by atoms with E-state index >= 15 is 0 Å². The highest BCUT2D eigenvalue weighted by Crippen LogP contribution is 2.49. The second kappa shape index (κ2) is 9.74. The highest BCUT2D eigenvalue weighted by molar-refractivity contribution is 7.21. The molecule has 0 amide bonds. The van der Waals surface area contributed by atoms with E-state index in [1.165, 1.54) is 10.4 Å². The predicted octanol–water partition coefficient (Wildman–Crippen LogP) is 8.94. The molecule has 0 N–H and O–H groups in total. The molecule has 1 unspecified atom stereocenters. The zero-order valence-electron chi connectivity index (χ0n) is 19.0. The fourth-order valence-electron chi connectivity index (χ4n) is 4.14. The molecule has 0 bridgehead atoms. The maximum Gasteiger partial charge on any atom is 0.203 e. The van der Waals surface area contributed by atoms with Crippen molar-refractivity contribution in [2.24, 2.45) is 0 Å². The van der Waals surface area contributed by atoms with Gasteiger partial charge in [0.15, 0.2) is 0 Å². The first kappa shape index (κ1) is 22.2. The molecular weight excluding hydrogens is 489 g/mol. The SMILES string of the molecule is COc1sc(-c2ccccc2)nc1-c1sc(-c2ccccc2)cc1-c1csc(C2C=CC=CC2)n1. The first-order valence-corrected chi connectivity index (χ1v) is 13.9. The van der Waals surface area contributed by atoms with Gasteiger partial charge in [0.05, 0.1) is 17.7 Å². The number of methoxy groups -OCH3 is 1. The lowest BCUT2D eigenvalue weighted by Crippen LogP contribution is -1.95. The van der Waals surface area contributed by atoms with E-state index in [2.05, 4.69) is 72.1 Å². The maximum atomic E-state index is 5.84. The molecule has 3 heterocycles. The molecule has 35 heavy (non-hydrogen) atoms. The quantitative estimate of drug-likeness (QED) is 0.229. The van der Waals surface area contributed by atoms with E-state index in [0.717, 1.165) is 48.9 Å². The van der Waals surface area contributed by atoms with Crippen molar-refractivity contribution >= 4 is 34.0 Å². The molecule has 2 aromatic carbocycles. The maximum absolute atomic E-state index is 5.84. The van der Waals surface area contributed by atoms with Crippen LogP contribution < -0.4 is 4.74 Å². The summed E-state index contributed by atoms with van der Waals surface area (Å²) in [5, 5.41) is 5.10. The number of benzene rings is 2. The Balaban J connectivity index is 1.49. The van der Waals surface area contributed by atoms with Crippen molar-refractivity contribution in [1.29, 1.82) is 0 Å². The average Bonchev–Trinajstić information content (AvgIpc) is 3.68. The third-order valence-corrected chi connectivity index (χ3v) is 9.14. The van der Waals surface area contributed by atoms with Crippen LogP contribution in [0.25, 0.3) is 42.8 Å². The van der Waals surface area contributed by atoms with Crippen molar-refractivity contribution in [2.45, 2.75) is 12.3 Å². The second-order valence-corrected chi connectivity index (χ2v) is 11.1. The van der Waals surface area contributed by atoms with Crippen LogP contribution >= 0.6 is 34.0 Å². The molecule has 0 saturated carbocycles. The molecular formula is C29H22N2OS3. The van der Waals surface area contributed by atoms with Crippen LogP contribution in [0.1, 0.15) is 17.3 Å². The van der Waals surface area contributed by atoms with E-state index in [-0.39, 0.29) is 0 Å². The number of allylic oxidation sites excluding steroid dienone is 4. The van der Waals surface area contributed by atoms with Gasteiger partial charge in [-0.25, -0.2) is 9.97 Å². The topological polar surface area (TPSA) is 35.0 Å². The summed E-state index contributed by atoms with van der Waals surface area (Å²) in [7, 11) is 1.72. The van der Waals surface area contributed by atoms with Gasteiger partial charge in [0, 0.05) is 27.3 Å². The predicted molar refractivity (Wildman–Crippen MR) is 150 cm³/mol. The second-order valence-electron chi connectivity index (χ2n) is 8.17. The van der Waals surface area contributed by atoms with Gasteiger partial charge in [-0.15, -0.1) is 22.7 Å². The first-order valence-electron chi connectivity index (χ1n) is 11.4. The molecule has 0 fully saturated rings. The first-order chi connectivity index (χ1) is 17.3.